The molecule has 0 saturated heterocycles. The van der Waals surface area contributed by atoms with Crippen molar-refractivity contribution < 1.29 is 4.79 Å². The van der Waals surface area contributed by atoms with E-state index in [4.69, 9.17) is 0 Å². The molecule has 0 aromatic carbocycles. The normalized spacial score (nSPS) is 25.2. The van der Waals surface area contributed by atoms with Crippen molar-refractivity contribution in [2.45, 2.75) is 38.6 Å². The van der Waals surface area contributed by atoms with Crippen LogP contribution in [-0.4, -0.2) is 23.9 Å². The molecular formula is C10H17NO. The van der Waals surface area contributed by atoms with Gasteiger partial charge in [0.05, 0.1) is 0 Å². The van der Waals surface area contributed by atoms with Gasteiger partial charge in [-0.2, -0.15) is 0 Å². The summed E-state index contributed by atoms with van der Waals surface area (Å²) < 4.78 is 0. The molecule has 1 atom stereocenters. The van der Waals surface area contributed by atoms with Crippen LogP contribution in [0.1, 0.15) is 32.6 Å². The van der Waals surface area contributed by atoms with Crippen molar-refractivity contribution >= 4 is 5.91 Å². The molecule has 2 saturated carbocycles. The van der Waals surface area contributed by atoms with Gasteiger partial charge in [-0.3, -0.25) is 4.79 Å². The summed E-state index contributed by atoms with van der Waals surface area (Å²) in [5.41, 5.74) is 0. The van der Waals surface area contributed by atoms with Gasteiger partial charge >= 0.3 is 0 Å². The lowest BCUT2D eigenvalue weighted by Gasteiger charge is -2.24. The second-order valence-electron chi connectivity index (χ2n) is 4.30. The van der Waals surface area contributed by atoms with Crippen molar-refractivity contribution in [1.29, 1.82) is 0 Å². The van der Waals surface area contributed by atoms with Gasteiger partial charge < -0.3 is 4.90 Å². The monoisotopic (exact) mass is 167 g/mol. The molecule has 0 radical (unpaired) electrons. The van der Waals surface area contributed by atoms with Crippen LogP contribution in [0.25, 0.3) is 0 Å². The average molecular weight is 167 g/mol. The fourth-order valence-corrected chi connectivity index (χ4v) is 1.71. The number of rotatable bonds is 3. The summed E-state index contributed by atoms with van der Waals surface area (Å²) in [7, 11) is 1.96. The van der Waals surface area contributed by atoms with Gasteiger partial charge in [0.2, 0.25) is 5.91 Å². The summed E-state index contributed by atoms with van der Waals surface area (Å²) in [5.74, 6) is 1.57. The molecule has 2 aliphatic carbocycles. The van der Waals surface area contributed by atoms with E-state index in [-0.39, 0.29) is 0 Å². The van der Waals surface area contributed by atoms with Crippen molar-refractivity contribution in [2.24, 2.45) is 11.8 Å². The van der Waals surface area contributed by atoms with Crippen LogP contribution >= 0.6 is 0 Å². The number of hydrogen-bond donors (Lipinski definition) is 0. The maximum atomic E-state index is 11.6. The molecule has 2 aliphatic rings. The molecular weight excluding hydrogens is 150 g/mol. The molecule has 0 heterocycles. The lowest BCUT2D eigenvalue weighted by atomic mass is 10.2. The second kappa shape index (κ2) is 2.75. The topological polar surface area (TPSA) is 20.3 Å². The van der Waals surface area contributed by atoms with E-state index >= 15 is 0 Å². The van der Waals surface area contributed by atoms with Crippen molar-refractivity contribution in [3.8, 4) is 0 Å². The minimum Gasteiger partial charge on any atom is -0.343 e. The maximum absolute atomic E-state index is 11.6. The van der Waals surface area contributed by atoms with Crippen LogP contribution in [0.15, 0.2) is 0 Å². The second-order valence-corrected chi connectivity index (χ2v) is 4.30. The lowest BCUT2D eigenvalue weighted by molar-refractivity contribution is -0.133. The molecule has 1 amide bonds. The Labute approximate surface area is 73.9 Å². The van der Waals surface area contributed by atoms with Crippen LogP contribution in [0.2, 0.25) is 0 Å². The molecule has 2 nitrogen and oxygen atoms in total. The van der Waals surface area contributed by atoms with Gasteiger partial charge in [0.15, 0.2) is 0 Å². The Morgan fingerprint density at radius 3 is 2.33 bits per heavy atom. The highest BCUT2D eigenvalue weighted by Crippen LogP contribution is 2.37. The van der Waals surface area contributed by atoms with E-state index in [1.807, 2.05) is 11.9 Å². The highest BCUT2D eigenvalue weighted by Gasteiger charge is 2.37. The maximum Gasteiger partial charge on any atom is 0.225 e. The Morgan fingerprint density at radius 2 is 1.92 bits per heavy atom. The molecule has 0 unspecified atom stereocenters. The van der Waals surface area contributed by atoms with Gasteiger partial charge in [-0.1, -0.05) is 0 Å². The number of carbonyl (C=O) groups excluding carboxylic acids is 1. The smallest absolute Gasteiger partial charge is 0.225 e. The van der Waals surface area contributed by atoms with E-state index in [1.165, 1.54) is 12.8 Å². The van der Waals surface area contributed by atoms with Gasteiger partial charge in [-0.25, -0.2) is 0 Å². The van der Waals surface area contributed by atoms with Gasteiger partial charge in [-0.05, 0) is 38.5 Å². The molecule has 2 rings (SSSR count). The van der Waals surface area contributed by atoms with E-state index in [2.05, 4.69) is 6.92 Å². The number of carbonyl (C=O) groups is 1. The molecule has 12 heavy (non-hydrogen) atoms. The molecule has 0 aliphatic heterocycles. The lowest BCUT2D eigenvalue weighted by Crippen LogP contribution is -2.37. The van der Waals surface area contributed by atoms with Gasteiger partial charge in [0.1, 0.15) is 0 Å². The Morgan fingerprint density at radius 1 is 1.33 bits per heavy atom. The minimum absolute atomic E-state index is 0.384. The first-order chi connectivity index (χ1) is 5.70. The van der Waals surface area contributed by atoms with Crippen molar-refractivity contribution in [3.63, 3.8) is 0 Å². The molecule has 0 aromatic rings. The van der Waals surface area contributed by atoms with Gasteiger partial charge in [0, 0.05) is 19.0 Å². The van der Waals surface area contributed by atoms with Crippen LogP contribution < -0.4 is 0 Å². The molecule has 2 heteroatoms. The first-order valence-electron chi connectivity index (χ1n) is 4.97. The predicted octanol–water partition coefficient (Wildman–Crippen LogP) is 1.65. The summed E-state index contributed by atoms with van der Waals surface area (Å²) in [6.07, 6.45) is 4.90. The summed E-state index contributed by atoms with van der Waals surface area (Å²) >= 11 is 0. The van der Waals surface area contributed by atoms with E-state index in [0.29, 0.717) is 17.9 Å². The average Bonchev–Trinajstić information content (AvgIpc) is 2.90. The summed E-state index contributed by atoms with van der Waals surface area (Å²) in [6, 6.07) is 0.484. The third-order valence-electron chi connectivity index (χ3n) is 3.19. The SMILES string of the molecule is C[C@@H](C1CC1)N(C)C(=O)C1CC1. The zero-order valence-electron chi connectivity index (χ0n) is 7.92. The zero-order valence-corrected chi connectivity index (χ0v) is 7.92. The molecule has 0 spiro atoms. The van der Waals surface area contributed by atoms with Crippen LogP contribution in [0.5, 0.6) is 0 Å². The molecule has 0 bridgehead atoms. The first-order valence-corrected chi connectivity index (χ1v) is 4.97. The van der Waals surface area contributed by atoms with E-state index < -0.39 is 0 Å². The van der Waals surface area contributed by atoms with Crippen molar-refractivity contribution in [3.05, 3.63) is 0 Å². The number of nitrogens with zero attached hydrogens (tertiary/aromatic N) is 1. The summed E-state index contributed by atoms with van der Waals surface area (Å²) in [4.78, 5) is 13.6. The third kappa shape index (κ3) is 1.47. The van der Waals surface area contributed by atoms with Crippen LogP contribution in [0.4, 0.5) is 0 Å². The fraction of sp³-hybridized carbons (Fsp3) is 0.900. The first kappa shape index (κ1) is 8.09. The predicted molar refractivity (Wildman–Crippen MR) is 47.7 cm³/mol. The van der Waals surface area contributed by atoms with E-state index in [9.17, 15) is 4.79 Å². The van der Waals surface area contributed by atoms with Gasteiger partial charge in [0.25, 0.3) is 0 Å². The molecule has 2 fully saturated rings. The Kier molecular flexibility index (Phi) is 1.85. The van der Waals surface area contributed by atoms with Crippen LogP contribution in [-0.2, 0) is 4.79 Å². The molecule has 0 N–H and O–H groups in total. The van der Waals surface area contributed by atoms with Crippen molar-refractivity contribution in [2.75, 3.05) is 7.05 Å². The van der Waals surface area contributed by atoms with E-state index in [1.54, 1.807) is 0 Å². The van der Waals surface area contributed by atoms with Crippen LogP contribution in [0, 0.1) is 11.8 Å². The highest BCUT2D eigenvalue weighted by atomic mass is 16.2. The summed E-state index contributed by atoms with van der Waals surface area (Å²) in [5, 5.41) is 0. The molecule has 68 valence electrons. The minimum atomic E-state index is 0.384. The number of amides is 1. The largest absolute Gasteiger partial charge is 0.343 e. The third-order valence-corrected chi connectivity index (χ3v) is 3.19. The van der Waals surface area contributed by atoms with Crippen LogP contribution in [0.3, 0.4) is 0 Å². The Hall–Kier alpha value is -0.530. The Bertz CT molecular complexity index is 194. The highest BCUT2D eigenvalue weighted by molar-refractivity contribution is 5.81. The zero-order chi connectivity index (χ0) is 8.72. The van der Waals surface area contributed by atoms with Crippen molar-refractivity contribution in [1.82, 2.24) is 4.90 Å². The fourth-order valence-electron chi connectivity index (χ4n) is 1.71. The standard InChI is InChI=1S/C10H17NO/c1-7(8-3-4-8)11(2)10(12)9-5-6-9/h7-9H,3-6H2,1-2H3/t7-/m0/s1. The quantitative estimate of drug-likeness (QED) is 0.626. The summed E-state index contributed by atoms with van der Waals surface area (Å²) in [6.45, 7) is 2.18. The number of hydrogen-bond acceptors (Lipinski definition) is 1. The Balaban J connectivity index is 1.88. The van der Waals surface area contributed by atoms with Gasteiger partial charge in [-0.15, -0.1) is 0 Å². The molecule has 0 aromatic heterocycles. The van der Waals surface area contributed by atoms with E-state index in [0.717, 1.165) is 18.8 Å².